The Bertz CT molecular complexity index is 364. The Morgan fingerprint density at radius 3 is 2.67 bits per heavy atom. The molecular formula is C14H23NO6. The van der Waals surface area contributed by atoms with Gasteiger partial charge >= 0.3 is 11.9 Å². The molecule has 1 amide bonds. The molecule has 7 heteroatoms. The van der Waals surface area contributed by atoms with E-state index in [0.717, 1.165) is 25.9 Å². The molecule has 1 rings (SSSR count). The molecule has 2 atom stereocenters. The fourth-order valence-electron chi connectivity index (χ4n) is 2.22. The summed E-state index contributed by atoms with van der Waals surface area (Å²) in [7, 11) is 1.24. The first-order valence-corrected chi connectivity index (χ1v) is 7.23. The van der Waals surface area contributed by atoms with Crippen LogP contribution in [0.2, 0.25) is 0 Å². The van der Waals surface area contributed by atoms with E-state index in [1.807, 2.05) is 0 Å². The van der Waals surface area contributed by atoms with Gasteiger partial charge in [0.05, 0.1) is 13.2 Å². The zero-order valence-electron chi connectivity index (χ0n) is 12.3. The molecule has 21 heavy (non-hydrogen) atoms. The summed E-state index contributed by atoms with van der Waals surface area (Å²) in [6, 6.07) is -1.07. The van der Waals surface area contributed by atoms with E-state index in [2.05, 4.69) is 10.1 Å². The summed E-state index contributed by atoms with van der Waals surface area (Å²) in [5, 5.41) is 11.5. The number of carboxylic acids is 1. The number of esters is 1. The van der Waals surface area contributed by atoms with Crippen molar-refractivity contribution in [3.63, 3.8) is 0 Å². The Kier molecular flexibility index (Phi) is 7.74. The second-order valence-electron chi connectivity index (χ2n) is 5.10. The van der Waals surface area contributed by atoms with E-state index in [1.165, 1.54) is 7.11 Å². The van der Waals surface area contributed by atoms with Gasteiger partial charge in [0, 0.05) is 19.4 Å². The second-order valence-corrected chi connectivity index (χ2v) is 5.10. The Labute approximate surface area is 124 Å². The van der Waals surface area contributed by atoms with Gasteiger partial charge in [0.25, 0.3) is 0 Å². The van der Waals surface area contributed by atoms with Crippen molar-refractivity contribution in [1.82, 2.24) is 5.32 Å². The number of amides is 1. The maximum atomic E-state index is 11.8. The molecule has 0 aromatic carbocycles. The third-order valence-corrected chi connectivity index (χ3v) is 3.47. The van der Waals surface area contributed by atoms with Crippen LogP contribution >= 0.6 is 0 Å². The van der Waals surface area contributed by atoms with Crippen LogP contribution in [0.1, 0.15) is 44.9 Å². The summed E-state index contributed by atoms with van der Waals surface area (Å²) in [4.78, 5) is 33.8. The average Bonchev–Trinajstić information content (AvgIpc) is 2.49. The quantitative estimate of drug-likeness (QED) is 0.645. The third kappa shape index (κ3) is 7.08. The first-order chi connectivity index (χ1) is 10.0. The van der Waals surface area contributed by atoms with Crippen molar-refractivity contribution in [1.29, 1.82) is 0 Å². The summed E-state index contributed by atoms with van der Waals surface area (Å²) in [5.74, 6) is -1.98. The highest BCUT2D eigenvalue weighted by Gasteiger charge is 2.22. The first-order valence-electron chi connectivity index (χ1n) is 7.23. The summed E-state index contributed by atoms with van der Waals surface area (Å²) in [6.07, 6.45) is 3.98. The molecule has 120 valence electrons. The highest BCUT2D eigenvalue weighted by Crippen LogP contribution is 2.16. The van der Waals surface area contributed by atoms with Crippen LogP contribution in [0.25, 0.3) is 0 Å². The summed E-state index contributed by atoms with van der Waals surface area (Å²) < 4.78 is 9.97. The maximum Gasteiger partial charge on any atom is 0.326 e. The molecule has 7 nitrogen and oxygen atoms in total. The summed E-state index contributed by atoms with van der Waals surface area (Å²) in [6.45, 7) is 0.725. The van der Waals surface area contributed by atoms with Gasteiger partial charge in [0.2, 0.25) is 5.91 Å². The Morgan fingerprint density at radius 1 is 1.33 bits per heavy atom. The van der Waals surface area contributed by atoms with Crippen LogP contribution in [0.15, 0.2) is 0 Å². The highest BCUT2D eigenvalue weighted by atomic mass is 16.5. The monoisotopic (exact) mass is 301 g/mol. The molecule has 0 saturated carbocycles. The van der Waals surface area contributed by atoms with Gasteiger partial charge in [-0.25, -0.2) is 4.79 Å². The second kappa shape index (κ2) is 9.33. The summed E-state index contributed by atoms with van der Waals surface area (Å²) in [5.41, 5.74) is 0. The molecule has 1 heterocycles. The van der Waals surface area contributed by atoms with Crippen LogP contribution in [0.3, 0.4) is 0 Å². The Balaban J connectivity index is 2.30. The fourth-order valence-corrected chi connectivity index (χ4v) is 2.22. The van der Waals surface area contributed by atoms with Crippen LogP contribution in [0.5, 0.6) is 0 Å². The first kappa shape index (κ1) is 17.4. The van der Waals surface area contributed by atoms with E-state index in [1.54, 1.807) is 0 Å². The highest BCUT2D eigenvalue weighted by molar-refractivity contribution is 5.84. The van der Waals surface area contributed by atoms with E-state index in [0.29, 0.717) is 6.42 Å². The predicted molar refractivity (Wildman–Crippen MR) is 73.6 cm³/mol. The number of nitrogens with one attached hydrogen (secondary N) is 1. The minimum atomic E-state index is -1.15. The zero-order chi connectivity index (χ0) is 15.7. The molecule has 2 N–H and O–H groups in total. The van der Waals surface area contributed by atoms with Gasteiger partial charge in [-0.1, -0.05) is 0 Å². The standard InChI is InChI=1S/C14H23NO6/c1-20-13(17)8-6-11(14(18)19)15-12(16)7-5-10-4-2-3-9-21-10/h10-11H,2-9H2,1H3,(H,15,16)(H,18,19)/t10?,11-/m0/s1. The SMILES string of the molecule is COC(=O)CC[C@H](NC(=O)CCC1CCCCO1)C(=O)O. The number of rotatable bonds is 8. The van der Waals surface area contributed by atoms with E-state index in [-0.39, 0.29) is 31.3 Å². The van der Waals surface area contributed by atoms with Crippen molar-refractivity contribution in [3.8, 4) is 0 Å². The number of aliphatic carboxylic acids is 1. The zero-order valence-corrected chi connectivity index (χ0v) is 12.3. The van der Waals surface area contributed by atoms with Crippen molar-refractivity contribution >= 4 is 17.8 Å². The number of hydrogen-bond acceptors (Lipinski definition) is 5. The number of ether oxygens (including phenoxy) is 2. The molecule has 0 bridgehead atoms. The van der Waals surface area contributed by atoms with Crippen molar-refractivity contribution in [2.24, 2.45) is 0 Å². The smallest absolute Gasteiger partial charge is 0.326 e. The lowest BCUT2D eigenvalue weighted by molar-refractivity contribution is -0.144. The van der Waals surface area contributed by atoms with Crippen LogP contribution in [-0.2, 0) is 23.9 Å². The van der Waals surface area contributed by atoms with Gasteiger partial charge in [-0.3, -0.25) is 9.59 Å². The van der Waals surface area contributed by atoms with Gasteiger partial charge in [0.1, 0.15) is 6.04 Å². The molecular weight excluding hydrogens is 278 g/mol. The molecule has 1 fully saturated rings. The Hall–Kier alpha value is -1.63. The normalized spacial score (nSPS) is 19.6. The van der Waals surface area contributed by atoms with Crippen LogP contribution in [-0.4, -0.2) is 48.8 Å². The molecule has 1 saturated heterocycles. The van der Waals surface area contributed by atoms with E-state index in [4.69, 9.17) is 9.84 Å². The minimum absolute atomic E-state index is 0.0215. The average molecular weight is 301 g/mol. The number of carbonyl (C=O) groups is 3. The van der Waals surface area contributed by atoms with Crippen LogP contribution in [0, 0.1) is 0 Å². The predicted octanol–water partition coefficient (Wildman–Crippen LogP) is 0.858. The lowest BCUT2D eigenvalue weighted by Crippen LogP contribution is -2.41. The lowest BCUT2D eigenvalue weighted by atomic mass is 10.0. The Morgan fingerprint density at radius 2 is 2.10 bits per heavy atom. The number of methoxy groups -OCH3 is 1. The van der Waals surface area contributed by atoms with Gasteiger partial charge in [-0.15, -0.1) is 0 Å². The summed E-state index contributed by atoms with van der Waals surface area (Å²) >= 11 is 0. The number of hydrogen-bond donors (Lipinski definition) is 2. The molecule has 1 aliphatic rings. The molecule has 1 unspecified atom stereocenters. The molecule has 0 aliphatic carbocycles. The van der Waals surface area contributed by atoms with Crippen molar-refractivity contribution in [2.75, 3.05) is 13.7 Å². The molecule has 0 aromatic rings. The van der Waals surface area contributed by atoms with Gasteiger partial charge in [-0.05, 0) is 32.1 Å². The van der Waals surface area contributed by atoms with Crippen molar-refractivity contribution < 1.29 is 29.0 Å². The maximum absolute atomic E-state index is 11.8. The minimum Gasteiger partial charge on any atom is -0.480 e. The lowest BCUT2D eigenvalue weighted by Gasteiger charge is -2.22. The largest absolute Gasteiger partial charge is 0.480 e. The van der Waals surface area contributed by atoms with Crippen molar-refractivity contribution in [3.05, 3.63) is 0 Å². The van der Waals surface area contributed by atoms with Crippen LogP contribution < -0.4 is 5.32 Å². The number of carbonyl (C=O) groups excluding carboxylic acids is 2. The topological polar surface area (TPSA) is 102 Å². The van der Waals surface area contributed by atoms with Crippen LogP contribution in [0.4, 0.5) is 0 Å². The molecule has 0 aromatic heterocycles. The molecule has 1 aliphatic heterocycles. The van der Waals surface area contributed by atoms with E-state index < -0.39 is 18.0 Å². The third-order valence-electron chi connectivity index (χ3n) is 3.47. The fraction of sp³-hybridized carbons (Fsp3) is 0.786. The van der Waals surface area contributed by atoms with E-state index >= 15 is 0 Å². The van der Waals surface area contributed by atoms with Crippen molar-refractivity contribution in [2.45, 2.75) is 57.1 Å². The van der Waals surface area contributed by atoms with Gasteiger partial charge in [-0.2, -0.15) is 0 Å². The van der Waals surface area contributed by atoms with Gasteiger partial charge in [0.15, 0.2) is 0 Å². The number of carboxylic acid groups (broad SMARTS) is 1. The van der Waals surface area contributed by atoms with Gasteiger partial charge < -0.3 is 19.9 Å². The molecule has 0 spiro atoms. The molecule has 0 radical (unpaired) electrons. The van der Waals surface area contributed by atoms with E-state index in [9.17, 15) is 14.4 Å².